The molecule has 3 rings (SSSR count). The van der Waals surface area contributed by atoms with E-state index in [1.165, 1.54) is 11.1 Å². The van der Waals surface area contributed by atoms with Gasteiger partial charge in [0.05, 0.1) is 0 Å². The summed E-state index contributed by atoms with van der Waals surface area (Å²) >= 11 is 1.77. The van der Waals surface area contributed by atoms with Crippen molar-refractivity contribution in [2.24, 2.45) is 0 Å². The van der Waals surface area contributed by atoms with Crippen molar-refractivity contribution in [1.29, 1.82) is 0 Å². The van der Waals surface area contributed by atoms with E-state index < -0.39 is 0 Å². The average Bonchev–Trinajstić information content (AvgIpc) is 2.65. The number of benzene rings is 2. The van der Waals surface area contributed by atoms with Gasteiger partial charge in [-0.2, -0.15) is 0 Å². The van der Waals surface area contributed by atoms with Crippen LogP contribution in [-0.4, -0.2) is 41.5 Å². The van der Waals surface area contributed by atoms with Gasteiger partial charge in [-0.1, -0.05) is 12.1 Å². The van der Waals surface area contributed by atoms with Gasteiger partial charge in [0.25, 0.3) is 0 Å². The normalized spacial score (nSPS) is 14.7. The van der Waals surface area contributed by atoms with Crippen LogP contribution in [0.3, 0.4) is 0 Å². The third-order valence-corrected chi connectivity index (χ3v) is 4.95. The van der Waals surface area contributed by atoms with Gasteiger partial charge in [0.2, 0.25) is 0 Å². The lowest BCUT2D eigenvalue weighted by Crippen LogP contribution is -2.16. The van der Waals surface area contributed by atoms with Gasteiger partial charge in [-0.25, -0.2) is 0 Å². The van der Waals surface area contributed by atoms with E-state index in [1.54, 1.807) is 23.9 Å². The van der Waals surface area contributed by atoms with E-state index in [0.717, 1.165) is 34.7 Å². The summed E-state index contributed by atoms with van der Waals surface area (Å²) in [6, 6.07) is 13.0. The molecule has 3 nitrogen and oxygen atoms in total. The van der Waals surface area contributed by atoms with Crippen molar-refractivity contribution in [2.75, 3.05) is 26.4 Å². The van der Waals surface area contributed by atoms with Gasteiger partial charge in [-0.05, 0) is 73.1 Å². The van der Waals surface area contributed by atoms with Gasteiger partial charge >= 0.3 is 0 Å². The lowest BCUT2D eigenvalue weighted by molar-refractivity contribution is 0.442. The minimum absolute atomic E-state index is 0.274. The standard InChI is InChI=1S/C19H21NO2S/c1-20(2)12-14-8-9-23-18-11-16(22)6-7-17(18)19(14)13-4-3-5-15(21)10-13/h3-7,10-11,21-22H,8-9,12H2,1-2H3. The quantitative estimate of drug-likeness (QED) is 0.896. The maximum atomic E-state index is 9.90. The van der Waals surface area contributed by atoms with Gasteiger partial charge in [-0.3, -0.25) is 0 Å². The zero-order chi connectivity index (χ0) is 16.4. The van der Waals surface area contributed by atoms with Crippen LogP contribution in [0.5, 0.6) is 11.5 Å². The first-order valence-electron chi connectivity index (χ1n) is 7.67. The van der Waals surface area contributed by atoms with Crippen molar-refractivity contribution in [3.05, 3.63) is 59.2 Å². The minimum Gasteiger partial charge on any atom is -0.508 e. The summed E-state index contributed by atoms with van der Waals surface area (Å²) in [6.45, 7) is 0.881. The molecule has 2 N–H and O–H groups in total. The average molecular weight is 327 g/mol. The van der Waals surface area contributed by atoms with Gasteiger partial charge in [0.1, 0.15) is 11.5 Å². The molecule has 2 aromatic carbocycles. The second-order valence-corrected chi connectivity index (χ2v) is 7.18. The maximum absolute atomic E-state index is 9.90. The highest BCUT2D eigenvalue weighted by atomic mass is 32.2. The molecule has 23 heavy (non-hydrogen) atoms. The second kappa shape index (κ2) is 6.69. The summed E-state index contributed by atoms with van der Waals surface area (Å²) in [5, 5.41) is 19.7. The van der Waals surface area contributed by atoms with E-state index >= 15 is 0 Å². The number of rotatable bonds is 3. The Morgan fingerprint density at radius 2 is 1.83 bits per heavy atom. The molecule has 0 saturated heterocycles. The van der Waals surface area contributed by atoms with E-state index in [4.69, 9.17) is 0 Å². The Morgan fingerprint density at radius 3 is 2.57 bits per heavy atom. The molecule has 1 heterocycles. The van der Waals surface area contributed by atoms with Crippen molar-refractivity contribution in [3.63, 3.8) is 0 Å². The van der Waals surface area contributed by atoms with Crippen LogP contribution in [0.2, 0.25) is 0 Å². The first kappa shape index (κ1) is 16.0. The molecule has 0 radical (unpaired) electrons. The molecule has 0 fully saturated rings. The van der Waals surface area contributed by atoms with Crippen molar-refractivity contribution >= 4 is 17.3 Å². The van der Waals surface area contributed by atoms with Gasteiger partial charge < -0.3 is 15.1 Å². The Hall–Kier alpha value is -1.91. The van der Waals surface area contributed by atoms with Crippen molar-refractivity contribution in [2.45, 2.75) is 11.3 Å². The fraction of sp³-hybridized carbons (Fsp3) is 0.263. The summed E-state index contributed by atoms with van der Waals surface area (Å²) in [7, 11) is 4.14. The topological polar surface area (TPSA) is 43.7 Å². The van der Waals surface area contributed by atoms with E-state index in [-0.39, 0.29) is 5.75 Å². The molecule has 2 aromatic rings. The Labute approximate surface area is 141 Å². The second-order valence-electron chi connectivity index (χ2n) is 6.05. The highest BCUT2D eigenvalue weighted by Crippen LogP contribution is 2.41. The molecule has 0 bridgehead atoms. The predicted octanol–water partition coefficient (Wildman–Crippen LogP) is 3.96. The van der Waals surface area contributed by atoms with Crippen LogP contribution in [0.15, 0.2) is 52.9 Å². The summed E-state index contributed by atoms with van der Waals surface area (Å²) in [4.78, 5) is 3.27. The minimum atomic E-state index is 0.274. The fourth-order valence-corrected chi connectivity index (χ4v) is 4.10. The molecule has 1 aliphatic heterocycles. The van der Waals surface area contributed by atoms with Crippen LogP contribution in [0.1, 0.15) is 17.5 Å². The number of nitrogens with zero attached hydrogens (tertiary/aromatic N) is 1. The van der Waals surface area contributed by atoms with Crippen LogP contribution >= 0.6 is 11.8 Å². The molecule has 120 valence electrons. The molecule has 0 amide bonds. The summed E-state index contributed by atoms with van der Waals surface area (Å²) in [5.74, 6) is 1.56. The van der Waals surface area contributed by atoms with Crippen molar-refractivity contribution in [1.82, 2.24) is 4.90 Å². The molecule has 0 saturated carbocycles. The number of phenolic OH excluding ortho intramolecular Hbond substituents is 2. The Morgan fingerprint density at radius 1 is 1.04 bits per heavy atom. The lowest BCUT2D eigenvalue weighted by atomic mass is 9.91. The van der Waals surface area contributed by atoms with E-state index in [2.05, 4.69) is 19.0 Å². The van der Waals surface area contributed by atoms with E-state index in [0.29, 0.717) is 5.75 Å². The van der Waals surface area contributed by atoms with Gasteiger partial charge in [0, 0.05) is 17.2 Å². The SMILES string of the molecule is CN(C)CC1=C(c2cccc(O)c2)c2ccc(O)cc2SCC1. The summed E-state index contributed by atoms with van der Waals surface area (Å²) < 4.78 is 0. The number of fused-ring (bicyclic) bond motifs is 1. The molecule has 1 aliphatic rings. The first-order valence-corrected chi connectivity index (χ1v) is 8.65. The molecular formula is C19H21NO2S. The summed E-state index contributed by atoms with van der Waals surface area (Å²) in [5.41, 5.74) is 4.69. The number of hydrogen-bond acceptors (Lipinski definition) is 4. The monoisotopic (exact) mass is 327 g/mol. The van der Waals surface area contributed by atoms with Crippen LogP contribution in [-0.2, 0) is 0 Å². The van der Waals surface area contributed by atoms with Crippen molar-refractivity contribution < 1.29 is 10.2 Å². The fourth-order valence-electron chi connectivity index (χ4n) is 3.00. The Bertz CT molecular complexity index is 753. The molecule has 0 spiro atoms. The lowest BCUT2D eigenvalue weighted by Gasteiger charge is -2.19. The van der Waals surface area contributed by atoms with Crippen LogP contribution < -0.4 is 0 Å². The molecular weight excluding hydrogens is 306 g/mol. The first-order chi connectivity index (χ1) is 11.0. The van der Waals surface area contributed by atoms with E-state index in [9.17, 15) is 10.2 Å². The number of phenols is 2. The highest BCUT2D eigenvalue weighted by Gasteiger charge is 2.20. The van der Waals surface area contributed by atoms with Crippen molar-refractivity contribution in [3.8, 4) is 11.5 Å². The molecule has 4 heteroatoms. The van der Waals surface area contributed by atoms with Crippen LogP contribution in [0, 0.1) is 0 Å². The predicted molar refractivity (Wildman–Crippen MR) is 96.1 cm³/mol. The largest absolute Gasteiger partial charge is 0.508 e. The summed E-state index contributed by atoms with van der Waals surface area (Å²) in [6.07, 6.45) is 0.989. The number of aromatic hydroxyl groups is 2. The van der Waals surface area contributed by atoms with E-state index in [1.807, 2.05) is 30.3 Å². The number of thioether (sulfide) groups is 1. The zero-order valence-corrected chi connectivity index (χ0v) is 14.2. The maximum Gasteiger partial charge on any atom is 0.116 e. The number of hydrogen-bond donors (Lipinski definition) is 2. The third-order valence-electron chi connectivity index (χ3n) is 3.89. The molecule has 0 unspecified atom stereocenters. The Balaban J connectivity index is 2.23. The highest BCUT2D eigenvalue weighted by molar-refractivity contribution is 7.99. The van der Waals surface area contributed by atoms with Gasteiger partial charge in [0.15, 0.2) is 0 Å². The smallest absolute Gasteiger partial charge is 0.116 e. The molecule has 0 aliphatic carbocycles. The zero-order valence-electron chi connectivity index (χ0n) is 13.4. The van der Waals surface area contributed by atoms with Gasteiger partial charge in [-0.15, -0.1) is 11.8 Å². The van der Waals surface area contributed by atoms with Crippen LogP contribution in [0.4, 0.5) is 0 Å². The Kier molecular flexibility index (Phi) is 4.64. The van der Waals surface area contributed by atoms with Crippen LogP contribution in [0.25, 0.3) is 5.57 Å². The molecule has 0 atom stereocenters. The molecule has 0 aromatic heterocycles. The third kappa shape index (κ3) is 3.54. The number of likely N-dealkylation sites (N-methyl/N-ethyl adjacent to an activating group) is 1.